The Labute approximate surface area is 134 Å². The summed E-state index contributed by atoms with van der Waals surface area (Å²) in [6.07, 6.45) is 0. The Hall–Kier alpha value is -2.33. The number of hydrogen-bond donors (Lipinski definition) is 2. The van der Waals surface area contributed by atoms with E-state index in [1.807, 2.05) is 19.1 Å². The summed E-state index contributed by atoms with van der Waals surface area (Å²) < 4.78 is 0. The number of hydrogen-bond acceptors (Lipinski definition) is 3. The molecule has 2 aromatic rings. The Morgan fingerprint density at radius 3 is 2.55 bits per heavy atom. The minimum absolute atomic E-state index is 0.0117. The van der Waals surface area contributed by atoms with Crippen molar-refractivity contribution in [3.05, 3.63) is 58.6 Å². The fourth-order valence-corrected chi connectivity index (χ4v) is 2.09. The lowest BCUT2D eigenvalue weighted by Crippen LogP contribution is -2.21. The van der Waals surface area contributed by atoms with Gasteiger partial charge in [-0.3, -0.25) is 9.59 Å². The molecule has 22 heavy (non-hydrogen) atoms. The zero-order valence-electron chi connectivity index (χ0n) is 12.4. The predicted octanol–water partition coefficient (Wildman–Crippen LogP) is 3.90. The van der Waals surface area contributed by atoms with Gasteiger partial charge in [-0.25, -0.2) is 0 Å². The van der Waals surface area contributed by atoms with Crippen LogP contribution in [0.4, 0.5) is 11.4 Å². The van der Waals surface area contributed by atoms with Gasteiger partial charge in [0, 0.05) is 22.0 Å². The molecule has 4 nitrogen and oxygen atoms in total. The van der Waals surface area contributed by atoms with E-state index < -0.39 is 0 Å². The van der Waals surface area contributed by atoms with Gasteiger partial charge in [0.15, 0.2) is 5.78 Å². The molecule has 0 spiro atoms. The number of ketones is 1. The Morgan fingerprint density at radius 2 is 1.86 bits per heavy atom. The van der Waals surface area contributed by atoms with Crippen LogP contribution in [-0.4, -0.2) is 18.2 Å². The Balaban J connectivity index is 1.94. The SMILES string of the molecule is CC(=O)c1cccc(NCC(=O)Nc2ccc(C)c(Cl)c2)c1. The van der Waals surface area contributed by atoms with Crippen molar-refractivity contribution in [1.82, 2.24) is 0 Å². The molecule has 0 atom stereocenters. The normalized spacial score (nSPS) is 10.1. The molecule has 0 aliphatic rings. The number of carbonyl (C=O) groups is 2. The molecule has 0 aromatic heterocycles. The molecular formula is C17H17ClN2O2. The molecule has 0 bridgehead atoms. The van der Waals surface area contributed by atoms with Gasteiger partial charge in [-0.2, -0.15) is 0 Å². The predicted molar refractivity (Wildman–Crippen MR) is 89.8 cm³/mol. The summed E-state index contributed by atoms with van der Waals surface area (Å²) in [7, 11) is 0. The highest BCUT2D eigenvalue weighted by Gasteiger charge is 2.05. The number of benzene rings is 2. The van der Waals surface area contributed by atoms with E-state index in [4.69, 9.17) is 11.6 Å². The monoisotopic (exact) mass is 316 g/mol. The highest BCUT2D eigenvalue weighted by atomic mass is 35.5. The summed E-state index contributed by atoms with van der Waals surface area (Å²) in [5.41, 5.74) is 2.94. The number of nitrogens with one attached hydrogen (secondary N) is 2. The van der Waals surface area contributed by atoms with Crippen LogP contribution in [0.25, 0.3) is 0 Å². The van der Waals surface area contributed by atoms with Crippen LogP contribution in [0.5, 0.6) is 0 Å². The van der Waals surface area contributed by atoms with Crippen LogP contribution in [0.15, 0.2) is 42.5 Å². The number of rotatable bonds is 5. The van der Waals surface area contributed by atoms with E-state index >= 15 is 0 Å². The van der Waals surface area contributed by atoms with E-state index in [0.29, 0.717) is 16.3 Å². The summed E-state index contributed by atoms with van der Waals surface area (Å²) in [6, 6.07) is 12.4. The second-order valence-corrected chi connectivity index (χ2v) is 5.41. The molecule has 2 N–H and O–H groups in total. The smallest absolute Gasteiger partial charge is 0.243 e. The van der Waals surface area contributed by atoms with E-state index in [1.54, 1.807) is 30.3 Å². The first-order valence-electron chi connectivity index (χ1n) is 6.86. The fraction of sp³-hybridized carbons (Fsp3) is 0.176. The van der Waals surface area contributed by atoms with Crippen LogP contribution in [0.2, 0.25) is 5.02 Å². The first kappa shape index (κ1) is 16.0. The molecule has 2 aromatic carbocycles. The molecule has 114 valence electrons. The van der Waals surface area contributed by atoms with Gasteiger partial charge in [0.2, 0.25) is 5.91 Å². The quantitative estimate of drug-likeness (QED) is 0.822. The van der Waals surface area contributed by atoms with Gasteiger partial charge >= 0.3 is 0 Å². The van der Waals surface area contributed by atoms with Crippen molar-refractivity contribution in [2.45, 2.75) is 13.8 Å². The van der Waals surface area contributed by atoms with Crippen molar-refractivity contribution in [3.63, 3.8) is 0 Å². The minimum atomic E-state index is -0.187. The molecule has 0 aliphatic heterocycles. The van der Waals surface area contributed by atoms with Gasteiger partial charge in [0.05, 0.1) is 6.54 Å². The molecule has 1 amide bonds. The highest BCUT2D eigenvalue weighted by Crippen LogP contribution is 2.19. The lowest BCUT2D eigenvalue weighted by Gasteiger charge is -2.09. The topological polar surface area (TPSA) is 58.2 Å². The number of anilines is 2. The molecule has 5 heteroatoms. The van der Waals surface area contributed by atoms with E-state index in [0.717, 1.165) is 11.3 Å². The second kappa shape index (κ2) is 7.09. The van der Waals surface area contributed by atoms with Crippen LogP contribution in [0.1, 0.15) is 22.8 Å². The third-order valence-corrected chi connectivity index (χ3v) is 3.58. The summed E-state index contributed by atoms with van der Waals surface area (Å²) in [6.45, 7) is 3.51. The van der Waals surface area contributed by atoms with Gasteiger partial charge in [-0.05, 0) is 43.7 Å². The minimum Gasteiger partial charge on any atom is -0.376 e. The number of carbonyl (C=O) groups excluding carboxylic acids is 2. The van der Waals surface area contributed by atoms with Crippen molar-refractivity contribution in [2.24, 2.45) is 0 Å². The third kappa shape index (κ3) is 4.33. The van der Waals surface area contributed by atoms with Gasteiger partial charge in [-0.1, -0.05) is 29.8 Å². The maximum Gasteiger partial charge on any atom is 0.243 e. The second-order valence-electron chi connectivity index (χ2n) is 5.00. The van der Waals surface area contributed by atoms with Gasteiger partial charge in [0.25, 0.3) is 0 Å². The van der Waals surface area contributed by atoms with Gasteiger partial charge in [-0.15, -0.1) is 0 Å². The average molecular weight is 317 g/mol. The van der Waals surface area contributed by atoms with Crippen molar-refractivity contribution in [3.8, 4) is 0 Å². The number of Topliss-reactive ketones (excluding diaryl/α,β-unsaturated/α-hetero) is 1. The van der Waals surface area contributed by atoms with Crippen molar-refractivity contribution in [2.75, 3.05) is 17.2 Å². The first-order chi connectivity index (χ1) is 10.5. The van der Waals surface area contributed by atoms with Gasteiger partial charge in [0.1, 0.15) is 0 Å². The summed E-state index contributed by atoms with van der Waals surface area (Å²) in [4.78, 5) is 23.2. The molecule has 0 aliphatic carbocycles. The Kier molecular flexibility index (Phi) is 5.17. The van der Waals surface area contributed by atoms with Crippen LogP contribution >= 0.6 is 11.6 Å². The number of halogens is 1. The zero-order chi connectivity index (χ0) is 16.1. The van der Waals surface area contributed by atoms with Crippen molar-refractivity contribution < 1.29 is 9.59 Å². The van der Waals surface area contributed by atoms with Crippen molar-refractivity contribution in [1.29, 1.82) is 0 Å². The van der Waals surface area contributed by atoms with Crippen LogP contribution < -0.4 is 10.6 Å². The van der Waals surface area contributed by atoms with Crippen molar-refractivity contribution >= 4 is 34.7 Å². The van der Waals surface area contributed by atoms with Crippen LogP contribution in [0.3, 0.4) is 0 Å². The molecule has 0 saturated carbocycles. The molecule has 0 radical (unpaired) electrons. The van der Waals surface area contributed by atoms with E-state index in [-0.39, 0.29) is 18.2 Å². The lowest BCUT2D eigenvalue weighted by molar-refractivity contribution is -0.114. The Bertz CT molecular complexity index is 714. The fourth-order valence-electron chi connectivity index (χ4n) is 1.91. The molecule has 2 rings (SSSR count). The molecule has 0 fully saturated rings. The average Bonchev–Trinajstić information content (AvgIpc) is 2.49. The molecular weight excluding hydrogens is 300 g/mol. The highest BCUT2D eigenvalue weighted by molar-refractivity contribution is 6.31. The summed E-state index contributed by atoms with van der Waals surface area (Å²) >= 11 is 6.02. The molecule has 0 saturated heterocycles. The van der Waals surface area contributed by atoms with E-state index in [9.17, 15) is 9.59 Å². The lowest BCUT2D eigenvalue weighted by atomic mass is 10.1. The van der Waals surface area contributed by atoms with Crippen LogP contribution in [-0.2, 0) is 4.79 Å². The summed E-state index contributed by atoms with van der Waals surface area (Å²) in [5, 5.41) is 6.36. The maximum absolute atomic E-state index is 11.9. The zero-order valence-corrected chi connectivity index (χ0v) is 13.2. The standard InChI is InChI=1S/C17H17ClN2O2/c1-11-6-7-15(9-16(11)18)20-17(22)10-19-14-5-3-4-13(8-14)12(2)21/h3-9,19H,10H2,1-2H3,(H,20,22). The summed E-state index contributed by atoms with van der Waals surface area (Å²) in [5.74, 6) is -0.199. The van der Waals surface area contributed by atoms with E-state index in [1.165, 1.54) is 6.92 Å². The molecule has 0 heterocycles. The third-order valence-electron chi connectivity index (χ3n) is 3.18. The number of aryl methyl sites for hydroxylation is 1. The Morgan fingerprint density at radius 1 is 1.09 bits per heavy atom. The van der Waals surface area contributed by atoms with E-state index in [2.05, 4.69) is 10.6 Å². The van der Waals surface area contributed by atoms with Gasteiger partial charge < -0.3 is 10.6 Å². The molecule has 0 unspecified atom stereocenters. The largest absolute Gasteiger partial charge is 0.376 e. The maximum atomic E-state index is 11.9. The number of amides is 1. The van der Waals surface area contributed by atoms with Crippen LogP contribution in [0, 0.1) is 6.92 Å². The first-order valence-corrected chi connectivity index (χ1v) is 7.24.